The van der Waals surface area contributed by atoms with Crippen molar-refractivity contribution in [2.75, 3.05) is 19.3 Å². The average molecular weight is 559 g/mol. The van der Waals surface area contributed by atoms with Gasteiger partial charge in [0.1, 0.15) is 11.6 Å². The highest BCUT2D eigenvalue weighted by Crippen LogP contribution is 2.22. The first-order valence-electron chi connectivity index (χ1n) is 11.8. The zero-order valence-electron chi connectivity index (χ0n) is 21.2. The number of fused-ring (bicyclic) bond motifs is 1. The molecule has 2 aromatic carbocycles. The first-order valence-corrected chi connectivity index (χ1v) is 14.0. The minimum absolute atomic E-state index is 0.186. The van der Waals surface area contributed by atoms with Gasteiger partial charge in [-0.3, -0.25) is 23.8 Å². The normalized spacial score (nSPS) is 11.7. The Hall–Kier alpha value is -3.44. The van der Waals surface area contributed by atoms with Crippen LogP contribution in [-0.2, 0) is 16.7 Å². The van der Waals surface area contributed by atoms with E-state index in [2.05, 4.69) is 23.7 Å². The van der Waals surface area contributed by atoms with Crippen molar-refractivity contribution >= 4 is 44.8 Å². The van der Waals surface area contributed by atoms with Crippen LogP contribution in [0.25, 0.3) is 28.7 Å². The fourth-order valence-electron chi connectivity index (χ4n) is 3.67. The topological polar surface area (TPSA) is 105 Å². The number of hydrogen-bond acceptors (Lipinski definition) is 6. The van der Waals surface area contributed by atoms with Gasteiger partial charge in [0, 0.05) is 6.54 Å². The third kappa shape index (κ3) is 8.03. The number of halogens is 2. The van der Waals surface area contributed by atoms with Gasteiger partial charge in [-0.2, -0.15) is 8.42 Å². The Bertz CT molecular complexity index is 1610. The Balaban J connectivity index is 0.000000732. The van der Waals surface area contributed by atoms with E-state index in [0.29, 0.717) is 28.3 Å². The molecule has 0 saturated heterocycles. The van der Waals surface area contributed by atoms with Crippen molar-refractivity contribution in [3.8, 4) is 5.69 Å². The minimum Gasteiger partial charge on any atom is -0.298 e. The predicted octanol–water partition coefficient (Wildman–Crippen LogP) is 5.09. The first-order chi connectivity index (χ1) is 18.0. The summed E-state index contributed by atoms with van der Waals surface area (Å²) < 4.78 is 41.1. The molecule has 4 aromatic rings. The quantitative estimate of drug-likeness (QED) is 0.315. The standard InChI is InChI=1S/C26H24ClFN4O.CH4O3S/c1-3-31(4-2)17-20-9-7-8-19(29-20)13-15-25-30-23-14-12-18(28)16-21(23)26(33)32(25)24-11-6-5-10-22(24)27;1-5(2,3)4/h5-16H,3-4,17H2,1-2H3;1H3,(H,2,3,4). The van der Waals surface area contributed by atoms with E-state index in [4.69, 9.17) is 21.1 Å². The number of nitrogens with zero attached hydrogens (tertiary/aromatic N) is 4. The molecule has 8 nitrogen and oxygen atoms in total. The third-order valence-electron chi connectivity index (χ3n) is 5.46. The van der Waals surface area contributed by atoms with Gasteiger partial charge in [0.25, 0.3) is 15.7 Å². The van der Waals surface area contributed by atoms with Crippen LogP contribution < -0.4 is 5.56 Å². The molecule has 0 atom stereocenters. The van der Waals surface area contributed by atoms with E-state index in [9.17, 15) is 17.6 Å². The molecule has 4 rings (SSSR count). The summed E-state index contributed by atoms with van der Waals surface area (Å²) in [5.41, 5.74) is 2.21. The molecule has 0 saturated carbocycles. The molecule has 1 N–H and O–H groups in total. The highest BCUT2D eigenvalue weighted by atomic mass is 35.5. The van der Waals surface area contributed by atoms with E-state index < -0.39 is 21.5 Å². The molecule has 0 aliphatic heterocycles. The molecule has 38 heavy (non-hydrogen) atoms. The van der Waals surface area contributed by atoms with Crippen LogP contribution in [0.15, 0.2) is 65.5 Å². The van der Waals surface area contributed by atoms with E-state index in [1.807, 2.05) is 24.3 Å². The van der Waals surface area contributed by atoms with Crippen molar-refractivity contribution in [3.05, 3.63) is 99.1 Å². The maximum Gasteiger partial charge on any atom is 0.266 e. The Morgan fingerprint density at radius 2 is 1.71 bits per heavy atom. The van der Waals surface area contributed by atoms with Crippen LogP contribution in [0.2, 0.25) is 5.02 Å². The van der Waals surface area contributed by atoms with Crippen LogP contribution in [0.1, 0.15) is 31.1 Å². The van der Waals surface area contributed by atoms with Gasteiger partial charge in [-0.15, -0.1) is 0 Å². The van der Waals surface area contributed by atoms with Crippen molar-refractivity contribution < 1.29 is 17.4 Å². The number of aromatic nitrogens is 3. The molecule has 0 fully saturated rings. The van der Waals surface area contributed by atoms with Crippen molar-refractivity contribution in [2.24, 2.45) is 0 Å². The summed E-state index contributed by atoms with van der Waals surface area (Å²) >= 11 is 6.40. The molecule has 0 aliphatic carbocycles. The van der Waals surface area contributed by atoms with E-state index in [1.165, 1.54) is 22.8 Å². The van der Waals surface area contributed by atoms with Crippen molar-refractivity contribution in [3.63, 3.8) is 0 Å². The van der Waals surface area contributed by atoms with Crippen LogP contribution in [0, 0.1) is 5.82 Å². The molecule has 2 heterocycles. The molecule has 0 radical (unpaired) electrons. The maximum atomic E-state index is 13.9. The predicted molar refractivity (Wildman–Crippen MR) is 150 cm³/mol. The lowest BCUT2D eigenvalue weighted by Crippen LogP contribution is -2.23. The van der Waals surface area contributed by atoms with Crippen molar-refractivity contribution in [2.45, 2.75) is 20.4 Å². The second kappa shape index (κ2) is 12.9. The van der Waals surface area contributed by atoms with Crippen molar-refractivity contribution in [1.29, 1.82) is 0 Å². The zero-order chi connectivity index (χ0) is 27.9. The molecular weight excluding hydrogens is 531 g/mol. The summed E-state index contributed by atoms with van der Waals surface area (Å²) in [6.07, 6.45) is 4.26. The molecule has 0 bridgehead atoms. The molecule has 0 aliphatic rings. The summed E-state index contributed by atoms with van der Waals surface area (Å²) in [6, 6.07) is 16.9. The molecule has 0 amide bonds. The number of rotatable bonds is 7. The molecule has 11 heteroatoms. The van der Waals surface area contributed by atoms with Gasteiger partial charge in [-0.05, 0) is 67.7 Å². The first kappa shape index (κ1) is 29.1. The molecule has 2 aromatic heterocycles. The summed E-state index contributed by atoms with van der Waals surface area (Å²) in [5, 5.41) is 0.581. The lowest BCUT2D eigenvalue weighted by Gasteiger charge is -2.17. The van der Waals surface area contributed by atoms with E-state index in [1.54, 1.807) is 30.3 Å². The minimum atomic E-state index is -3.67. The van der Waals surface area contributed by atoms with Crippen LogP contribution >= 0.6 is 11.6 Å². The van der Waals surface area contributed by atoms with E-state index >= 15 is 0 Å². The van der Waals surface area contributed by atoms with Crippen LogP contribution in [0.4, 0.5) is 4.39 Å². The second-order valence-electron chi connectivity index (χ2n) is 8.30. The fourth-order valence-corrected chi connectivity index (χ4v) is 3.89. The van der Waals surface area contributed by atoms with Gasteiger partial charge in [0.15, 0.2) is 0 Å². The number of pyridine rings is 1. The van der Waals surface area contributed by atoms with Crippen LogP contribution in [0.3, 0.4) is 0 Å². The van der Waals surface area contributed by atoms with Gasteiger partial charge in [0.2, 0.25) is 0 Å². The molecule has 0 spiro atoms. The Kier molecular flexibility index (Phi) is 9.87. The number of hydrogen-bond donors (Lipinski definition) is 1. The zero-order valence-corrected chi connectivity index (χ0v) is 22.7. The number of para-hydroxylation sites is 1. The molecule has 0 unspecified atom stereocenters. The lowest BCUT2D eigenvalue weighted by molar-refractivity contribution is 0.292. The Morgan fingerprint density at radius 3 is 2.37 bits per heavy atom. The fraction of sp³-hybridized carbons (Fsp3) is 0.222. The highest BCUT2D eigenvalue weighted by Gasteiger charge is 2.14. The van der Waals surface area contributed by atoms with Gasteiger partial charge in [-0.25, -0.2) is 9.37 Å². The smallest absolute Gasteiger partial charge is 0.266 e. The molecule has 200 valence electrons. The van der Waals surface area contributed by atoms with Crippen LogP contribution in [0.5, 0.6) is 0 Å². The van der Waals surface area contributed by atoms with Crippen LogP contribution in [-0.4, -0.2) is 51.8 Å². The summed E-state index contributed by atoms with van der Waals surface area (Å²) in [7, 11) is -3.67. The van der Waals surface area contributed by atoms with Gasteiger partial charge in [-0.1, -0.05) is 43.6 Å². The Labute approximate surface area is 225 Å². The lowest BCUT2D eigenvalue weighted by atomic mass is 10.2. The Morgan fingerprint density at radius 1 is 1.03 bits per heavy atom. The summed E-state index contributed by atoms with van der Waals surface area (Å²) in [5.74, 6) is -0.118. The SMILES string of the molecule is CCN(CC)Cc1cccc(C=Cc2nc3ccc(F)cc3c(=O)n2-c2ccccc2Cl)n1.CS(=O)(=O)O. The number of benzene rings is 2. The van der Waals surface area contributed by atoms with Gasteiger partial charge < -0.3 is 0 Å². The van der Waals surface area contributed by atoms with E-state index in [-0.39, 0.29) is 5.39 Å². The average Bonchev–Trinajstić information content (AvgIpc) is 2.86. The van der Waals surface area contributed by atoms with E-state index in [0.717, 1.165) is 31.0 Å². The monoisotopic (exact) mass is 558 g/mol. The molecular formula is C27H28ClFN4O4S. The van der Waals surface area contributed by atoms with Gasteiger partial charge >= 0.3 is 0 Å². The maximum absolute atomic E-state index is 13.9. The summed E-state index contributed by atoms with van der Waals surface area (Å²) in [4.78, 5) is 25.0. The third-order valence-corrected chi connectivity index (χ3v) is 5.78. The van der Waals surface area contributed by atoms with Crippen molar-refractivity contribution in [1.82, 2.24) is 19.4 Å². The summed E-state index contributed by atoms with van der Waals surface area (Å²) in [6.45, 7) is 6.91. The largest absolute Gasteiger partial charge is 0.298 e. The second-order valence-corrected chi connectivity index (χ2v) is 10.2. The van der Waals surface area contributed by atoms with Gasteiger partial charge in [0.05, 0.1) is 39.3 Å². The highest BCUT2D eigenvalue weighted by molar-refractivity contribution is 7.85.